The Morgan fingerprint density at radius 3 is 2.58 bits per heavy atom. The highest BCUT2D eigenvalue weighted by Crippen LogP contribution is 2.36. The minimum atomic E-state index is 0. The maximum atomic E-state index is 5.45. The van der Waals surface area contributed by atoms with Crippen LogP contribution in [0.2, 0.25) is 0 Å². The standard InChI is InChI=1S/C18H25N3O2.HI/c1-19-18(21-10-14-4-2-3-5-15(14)11-21)20-9-13-6-7-16-17(8-13)23-12-22-16;/h6-8,14-15H,2-5,9-12H2,1H3,(H,19,20);1H. The number of halogens is 1. The third-order valence-corrected chi connectivity index (χ3v) is 5.38. The number of hydrogen-bond acceptors (Lipinski definition) is 3. The van der Waals surface area contributed by atoms with Crippen LogP contribution in [0.1, 0.15) is 31.2 Å². The van der Waals surface area contributed by atoms with Gasteiger partial charge in [0, 0.05) is 26.7 Å². The predicted molar refractivity (Wildman–Crippen MR) is 105 cm³/mol. The van der Waals surface area contributed by atoms with Crippen LogP contribution in [0.3, 0.4) is 0 Å². The lowest BCUT2D eigenvalue weighted by Crippen LogP contribution is -2.39. The Balaban J connectivity index is 0.00000169. The highest BCUT2D eigenvalue weighted by atomic mass is 127. The van der Waals surface area contributed by atoms with Gasteiger partial charge in [0.1, 0.15) is 0 Å². The van der Waals surface area contributed by atoms with Crippen LogP contribution in [-0.4, -0.2) is 37.8 Å². The van der Waals surface area contributed by atoms with E-state index in [-0.39, 0.29) is 24.0 Å². The van der Waals surface area contributed by atoms with Gasteiger partial charge in [-0.3, -0.25) is 4.99 Å². The van der Waals surface area contributed by atoms with Crippen LogP contribution in [0, 0.1) is 11.8 Å². The van der Waals surface area contributed by atoms with Gasteiger partial charge in [-0.1, -0.05) is 18.9 Å². The summed E-state index contributed by atoms with van der Waals surface area (Å²) in [6, 6.07) is 6.11. The molecule has 0 aromatic heterocycles. The molecule has 5 nitrogen and oxygen atoms in total. The molecule has 3 aliphatic rings. The van der Waals surface area contributed by atoms with E-state index < -0.39 is 0 Å². The Kier molecular flexibility index (Phi) is 5.73. The number of benzene rings is 1. The van der Waals surface area contributed by atoms with Crippen LogP contribution in [0.15, 0.2) is 23.2 Å². The lowest BCUT2D eigenvalue weighted by atomic mass is 9.82. The summed E-state index contributed by atoms with van der Waals surface area (Å²) in [4.78, 5) is 6.93. The first-order chi connectivity index (χ1) is 11.3. The molecule has 1 aromatic carbocycles. The Bertz CT molecular complexity index is 594. The van der Waals surface area contributed by atoms with Gasteiger partial charge in [-0.05, 0) is 42.4 Å². The maximum absolute atomic E-state index is 5.45. The van der Waals surface area contributed by atoms with E-state index in [1.807, 2.05) is 19.2 Å². The number of nitrogens with one attached hydrogen (secondary N) is 1. The monoisotopic (exact) mass is 443 g/mol. The Hall–Kier alpha value is -1.18. The number of ether oxygens (including phenoxy) is 2. The van der Waals surface area contributed by atoms with Crippen molar-refractivity contribution in [2.45, 2.75) is 32.2 Å². The Morgan fingerprint density at radius 2 is 1.88 bits per heavy atom. The van der Waals surface area contributed by atoms with Crippen molar-refractivity contribution >= 4 is 29.9 Å². The molecule has 1 aromatic rings. The SMILES string of the molecule is CN=C(NCc1ccc2c(c1)OCO2)N1CC2CCCCC2C1.I. The van der Waals surface area contributed by atoms with Gasteiger partial charge < -0.3 is 19.7 Å². The average Bonchev–Trinajstić information content (AvgIpc) is 3.21. The summed E-state index contributed by atoms with van der Waals surface area (Å²) in [5.41, 5.74) is 1.19. The van der Waals surface area contributed by atoms with Crippen molar-refractivity contribution in [3.63, 3.8) is 0 Å². The second-order valence-corrected chi connectivity index (χ2v) is 6.80. The molecule has 1 saturated carbocycles. The van der Waals surface area contributed by atoms with Crippen molar-refractivity contribution in [3.05, 3.63) is 23.8 Å². The summed E-state index contributed by atoms with van der Waals surface area (Å²) < 4.78 is 10.8. The largest absolute Gasteiger partial charge is 0.454 e. The van der Waals surface area contributed by atoms with Crippen LogP contribution < -0.4 is 14.8 Å². The van der Waals surface area contributed by atoms with Gasteiger partial charge in [-0.2, -0.15) is 0 Å². The first kappa shape index (κ1) is 17.6. The molecule has 1 N–H and O–H groups in total. The summed E-state index contributed by atoms with van der Waals surface area (Å²) in [5, 5.41) is 3.51. The van der Waals surface area contributed by atoms with E-state index >= 15 is 0 Å². The number of nitrogens with zero attached hydrogens (tertiary/aromatic N) is 2. The Labute approximate surface area is 160 Å². The fourth-order valence-corrected chi connectivity index (χ4v) is 4.14. The number of guanidine groups is 1. The molecule has 2 aliphatic heterocycles. The van der Waals surface area contributed by atoms with Gasteiger partial charge in [0.05, 0.1) is 0 Å². The zero-order valence-electron chi connectivity index (χ0n) is 14.2. The van der Waals surface area contributed by atoms with Gasteiger partial charge in [-0.25, -0.2) is 0 Å². The quantitative estimate of drug-likeness (QED) is 0.433. The summed E-state index contributed by atoms with van der Waals surface area (Å²) >= 11 is 0. The summed E-state index contributed by atoms with van der Waals surface area (Å²) in [7, 11) is 1.88. The van der Waals surface area contributed by atoms with Crippen LogP contribution >= 0.6 is 24.0 Å². The molecule has 132 valence electrons. The topological polar surface area (TPSA) is 46.1 Å². The molecular weight excluding hydrogens is 417 g/mol. The Morgan fingerprint density at radius 1 is 1.17 bits per heavy atom. The van der Waals surface area contributed by atoms with Crippen LogP contribution in [-0.2, 0) is 6.54 Å². The highest BCUT2D eigenvalue weighted by Gasteiger charge is 2.35. The zero-order valence-corrected chi connectivity index (χ0v) is 16.5. The average molecular weight is 443 g/mol. The van der Waals surface area contributed by atoms with Crippen molar-refractivity contribution in [2.75, 3.05) is 26.9 Å². The third kappa shape index (κ3) is 3.58. The van der Waals surface area contributed by atoms with Crippen molar-refractivity contribution < 1.29 is 9.47 Å². The van der Waals surface area contributed by atoms with E-state index in [1.54, 1.807) is 0 Å². The molecule has 0 spiro atoms. The van der Waals surface area contributed by atoms with Crippen LogP contribution in [0.4, 0.5) is 0 Å². The van der Waals surface area contributed by atoms with Crippen molar-refractivity contribution in [1.82, 2.24) is 10.2 Å². The van der Waals surface area contributed by atoms with Gasteiger partial charge >= 0.3 is 0 Å². The van der Waals surface area contributed by atoms with Gasteiger partial charge in [0.2, 0.25) is 6.79 Å². The number of aliphatic imine (C=N–C) groups is 1. The van der Waals surface area contributed by atoms with Gasteiger partial charge in [0.25, 0.3) is 0 Å². The molecule has 1 saturated heterocycles. The number of hydrogen-bond donors (Lipinski definition) is 1. The number of likely N-dealkylation sites (tertiary alicyclic amines) is 1. The van der Waals surface area contributed by atoms with Crippen LogP contribution in [0.25, 0.3) is 0 Å². The lowest BCUT2D eigenvalue weighted by molar-refractivity contribution is 0.174. The molecular formula is C18H26IN3O2. The second kappa shape index (κ2) is 7.80. The summed E-state index contributed by atoms with van der Waals surface area (Å²) in [5.74, 6) is 4.44. The molecule has 0 radical (unpaired) electrons. The molecule has 0 amide bonds. The van der Waals surface area contributed by atoms with Crippen molar-refractivity contribution in [2.24, 2.45) is 16.8 Å². The fourth-order valence-electron chi connectivity index (χ4n) is 4.14. The molecule has 1 aliphatic carbocycles. The van der Waals surface area contributed by atoms with Gasteiger partial charge in [0.15, 0.2) is 17.5 Å². The van der Waals surface area contributed by atoms with E-state index in [2.05, 4.69) is 21.3 Å². The minimum Gasteiger partial charge on any atom is -0.454 e. The molecule has 2 unspecified atom stereocenters. The maximum Gasteiger partial charge on any atom is 0.231 e. The molecule has 2 atom stereocenters. The van der Waals surface area contributed by atoms with Crippen molar-refractivity contribution in [3.8, 4) is 11.5 Å². The van der Waals surface area contributed by atoms with Crippen molar-refractivity contribution in [1.29, 1.82) is 0 Å². The first-order valence-electron chi connectivity index (χ1n) is 8.67. The third-order valence-electron chi connectivity index (χ3n) is 5.38. The molecule has 0 bridgehead atoms. The zero-order chi connectivity index (χ0) is 15.6. The predicted octanol–water partition coefficient (Wildman–Crippen LogP) is 3.23. The van der Waals surface area contributed by atoms with E-state index in [0.717, 1.165) is 48.9 Å². The van der Waals surface area contributed by atoms with Crippen LogP contribution in [0.5, 0.6) is 11.5 Å². The van der Waals surface area contributed by atoms with E-state index in [9.17, 15) is 0 Å². The number of rotatable bonds is 2. The minimum absolute atomic E-state index is 0. The molecule has 2 fully saturated rings. The summed E-state index contributed by atoms with van der Waals surface area (Å²) in [6.45, 7) is 3.40. The van der Waals surface area contributed by atoms with E-state index in [1.165, 1.54) is 31.2 Å². The molecule has 6 heteroatoms. The molecule has 2 heterocycles. The molecule has 4 rings (SSSR count). The normalized spacial score (nSPS) is 25.2. The fraction of sp³-hybridized carbons (Fsp3) is 0.611. The van der Waals surface area contributed by atoms with Gasteiger partial charge in [-0.15, -0.1) is 24.0 Å². The first-order valence-corrected chi connectivity index (χ1v) is 8.67. The number of fused-ring (bicyclic) bond motifs is 2. The molecule has 24 heavy (non-hydrogen) atoms. The smallest absolute Gasteiger partial charge is 0.231 e. The highest BCUT2D eigenvalue weighted by molar-refractivity contribution is 14.0. The summed E-state index contributed by atoms with van der Waals surface area (Å²) in [6.07, 6.45) is 5.58. The second-order valence-electron chi connectivity index (χ2n) is 6.80. The van der Waals surface area contributed by atoms with E-state index in [4.69, 9.17) is 9.47 Å². The van der Waals surface area contributed by atoms with E-state index in [0.29, 0.717) is 6.79 Å². The lowest BCUT2D eigenvalue weighted by Gasteiger charge is -2.22.